The Bertz CT molecular complexity index is 334. The van der Waals surface area contributed by atoms with Gasteiger partial charge in [0.25, 0.3) is 0 Å². The zero-order chi connectivity index (χ0) is 8.43. The van der Waals surface area contributed by atoms with Crippen molar-refractivity contribution < 1.29 is 9.90 Å². The number of carbonyl (C=O) groups is 1. The van der Waals surface area contributed by atoms with Crippen molar-refractivity contribution in [3.05, 3.63) is 17.5 Å². The molecule has 0 saturated carbocycles. The van der Waals surface area contributed by atoms with Crippen molar-refractivity contribution >= 4 is 5.97 Å². The minimum atomic E-state index is -1.13. The van der Waals surface area contributed by atoms with E-state index in [1.807, 2.05) is 0 Å². The van der Waals surface area contributed by atoms with E-state index in [2.05, 4.69) is 5.10 Å². The summed E-state index contributed by atoms with van der Waals surface area (Å²) in [5.74, 6) is -1.13. The van der Waals surface area contributed by atoms with Crippen molar-refractivity contribution in [1.82, 2.24) is 9.78 Å². The molecular formula is C6H5N3O2. The van der Waals surface area contributed by atoms with Crippen LogP contribution in [-0.2, 0) is 7.05 Å². The summed E-state index contributed by atoms with van der Waals surface area (Å²) in [4.78, 5) is 10.4. The van der Waals surface area contributed by atoms with Crippen LogP contribution in [0.2, 0.25) is 0 Å². The lowest BCUT2D eigenvalue weighted by atomic mass is 10.3. The van der Waals surface area contributed by atoms with Gasteiger partial charge in [-0.15, -0.1) is 0 Å². The molecule has 0 bridgehead atoms. The Morgan fingerprint density at radius 3 is 2.91 bits per heavy atom. The van der Waals surface area contributed by atoms with Crippen LogP contribution in [0.15, 0.2) is 6.20 Å². The average molecular weight is 151 g/mol. The molecule has 0 aliphatic carbocycles. The summed E-state index contributed by atoms with van der Waals surface area (Å²) in [6.07, 6.45) is 1.29. The predicted octanol–water partition coefficient (Wildman–Crippen LogP) is -0.0100. The maximum atomic E-state index is 10.4. The summed E-state index contributed by atoms with van der Waals surface area (Å²) in [5, 5.41) is 20.5. The number of aromatic carboxylic acids is 1. The van der Waals surface area contributed by atoms with Gasteiger partial charge in [-0.25, -0.2) is 4.79 Å². The maximum Gasteiger partial charge on any atom is 0.340 e. The summed E-state index contributed by atoms with van der Waals surface area (Å²) in [7, 11) is 1.56. The van der Waals surface area contributed by atoms with E-state index in [0.29, 0.717) is 0 Å². The Balaban J connectivity index is 3.26. The van der Waals surface area contributed by atoms with Crippen LogP contribution in [0.3, 0.4) is 0 Å². The first-order valence-electron chi connectivity index (χ1n) is 2.82. The Labute approximate surface area is 62.5 Å². The molecule has 5 heteroatoms. The summed E-state index contributed by atoms with van der Waals surface area (Å²) < 4.78 is 1.29. The molecule has 11 heavy (non-hydrogen) atoms. The SMILES string of the molecule is Cn1cc(C(=O)O)c(C#N)n1. The van der Waals surface area contributed by atoms with Crippen molar-refractivity contribution in [1.29, 1.82) is 5.26 Å². The lowest BCUT2D eigenvalue weighted by molar-refractivity contribution is 0.0696. The topological polar surface area (TPSA) is 78.9 Å². The van der Waals surface area contributed by atoms with Crippen molar-refractivity contribution in [2.45, 2.75) is 0 Å². The van der Waals surface area contributed by atoms with Gasteiger partial charge in [0.1, 0.15) is 11.6 Å². The van der Waals surface area contributed by atoms with Crippen LogP contribution in [0, 0.1) is 11.3 Å². The summed E-state index contributed by atoms with van der Waals surface area (Å²) in [6.45, 7) is 0. The molecule has 0 amide bonds. The fourth-order valence-corrected chi connectivity index (χ4v) is 0.728. The minimum Gasteiger partial charge on any atom is -0.478 e. The van der Waals surface area contributed by atoms with Crippen LogP contribution < -0.4 is 0 Å². The molecule has 0 fully saturated rings. The van der Waals surface area contributed by atoms with Crippen LogP contribution in [0.1, 0.15) is 16.1 Å². The molecule has 1 aromatic rings. The Morgan fingerprint density at radius 2 is 2.55 bits per heavy atom. The third-order valence-electron chi connectivity index (χ3n) is 1.17. The summed E-state index contributed by atoms with van der Waals surface area (Å²) in [5.41, 5.74) is -0.116. The Morgan fingerprint density at radius 1 is 1.91 bits per heavy atom. The van der Waals surface area contributed by atoms with Crippen LogP contribution >= 0.6 is 0 Å². The van der Waals surface area contributed by atoms with Crippen molar-refractivity contribution in [3.8, 4) is 6.07 Å². The molecular weight excluding hydrogens is 146 g/mol. The number of nitriles is 1. The highest BCUT2D eigenvalue weighted by atomic mass is 16.4. The lowest BCUT2D eigenvalue weighted by Crippen LogP contribution is -1.96. The average Bonchev–Trinajstić information content (AvgIpc) is 2.30. The summed E-state index contributed by atoms with van der Waals surface area (Å²) in [6, 6.07) is 1.68. The monoisotopic (exact) mass is 151 g/mol. The molecule has 1 N–H and O–H groups in total. The first-order valence-corrected chi connectivity index (χ1v) is 2.82. The highest BCUT2D eigenvalue weighted by Crippen LogP contribution is 2.03. The van der Waals surface area contributed by atoms with Gasteiger partial charge in [0.15, 0.2) is 5.69 Å². The number of carboxylic acid groups (broad SMARTS) is 1. The van der Waals surface area contributed by atoms with E-state index in [-0.39, 0.29) is 11.3 Å². The van der Waals surface area contributed by atoms with Gasteiger partial charge in [-0.1, -0.05) is 0 Å². The van der Waals surface area contributed by atoms with Gasteiger partial charge in [0.05, 0.1) is 0 Å². The van der Waals surface area contributed by atoms with Crippen molar-refractivity contribution in [3.63, 3.8) is 0 Å². The molecule has 0 aliphatic rings. The molecule has 56 valence electrons. The van der Waals surface area contributed by atoms with Crippen LogP contribution in [-0.4, -0.2) is 20.9 Å². The molecule has 0 aromatic carbocycles. The largest absolute Gasteiger partial charge is 0.478 e. The predicted molar refractivity (Wildman–Crippen MR) is 34.9 cm³/mol. The number of rotatable bonds is 1. The second-order valence-corrected chi connectivity index (χ2v) is 1.98. The third-order valence-corrected chi connectivity index (χ3v) is 1.17. The zero-order valence-electron chi connectivity index (χ0n) is 5.77. The molecule has 5 nitrogen and oxygen atoms in total. The van der Waals surface area contributed by atoms with E-state index < -0.39 is 5.97 Å². The van der Waals surface area contributed by atoms with Gasteiger partial charge in [-0.2, -0.15) is 10.4 Å². The van der Waals surface area contributed by atoms with E-state index >= 15 is 0 Å². The molecule has 1 rings (SSSR count). The molecule has 0 aliphatic heterocycles. The first kappa shape index (κ1) is 7.28. The highest BCUT2D eigenvalue weighted by Gasteiger charge is 2.12. The molecule has 0 radical (unpaired) electrons. The number of aryl methyl sites for hydroxylation is 1. The molecule has 1 aromatic heterocycles. The second-order valence-electron chi connectivity index (χ2n) is 1.98. The van der Waals surface area contributed by atoms with Crippen LogP contribution in [0.25, 0.3) is 0 Å². The minimum absolute atomic E-state index is 0.0556. The standard InChI is InChI=1S/C6H5N3O2/c1-9-3-4(6(10)11)5(2-7)8-9/h3H,1H3,(H,10,11). The number of carboxylic acids is 1. The smallest absolute Gasteiger partial charge is 0.340 e. The van der Waals surface area contributed by atoms with E-state index in [4.69, 9.17) is 10.4 Å². The van der Waals surface area contributed by atoms with Gasteiger partial charge in [0, 0.05) is 13.2 Å². The number of nitrogens with zero attached hydrogens (tertiary/aromatic N) is 3. The van der Waals surface area contributed by atoms with Gasteiger partial charge < -0.3 is 5.11 Å². The lowest BCUT2D eigenvalue weighted by Gasteiger charge is -1.82. The molecule has 0 atom stereocenters. The quantitative estimate of drug-likeness (QED) is 0.612. The van der Waals surface area contributed by atoms with Gasteiger partial charge >= 0.3 is 5.97 Å². The molecule has 0 saturated heterocycles. The molecule has 0 unspecified atom stereocenters. The maximum absolute atomic E-state index is 10.4. The first-order chi connectivity index (χ1) is 5.15. The fourth-order valence-electron chi connectivity index (χ4n) is 0.728. The van der Waals surface area contributed by atoms with Gasteiger partial charge in [0.2, 0.25) is 0 Å². The van der Waals surface area contributed by atoms with E-state index in [1.165, 1.54) is 10.9 Å². The van der Waals surface area contributed by atoms with Crippen molar-refractivity contribution in [2.75, 3.05) is 0 Å². The third kappa shape index (κ3) is 1.19. The Hall–Kier alpha value is -1.83. The number of hydrogen-bond acceptors (Lipinski definition) is 3. The highest BCUT2D eigenvalue weighted by molar-refractivity contribution is 5.89. The Kier molecular flexibility index (Phi) is 1.60. The van der Waals surface area contributed by atoms with E-state index in [9.17, 15) is 4.79 Å². The second kappa shape index (κ2) is 2.42. The normalized spacial score (nSPS) is 9.09. The number of hydrogen-bond donors (Lipinski definition) is 1. The fraction of sp³-hybridized carbons (Fsp3) is 0.167. The molecule has 1 heterocycles. The van der Waals surface area contributed by atoms with Gasteiger partial charge in [-0.05, 0) is 0 Å². The number of aromatic nitrogens is 2. The van der Waals surface area contributed by atoms with Crippen LogP contribution in [0.4, 0.5) is 0 Å². The van der Waals surface area contributed by atoms with Gasteiger partial charge in [-0.3, -0.25) is 4.68 Å². The van der Waals surface area contributed by atoms with E-state index in [0.717, 1.165) is 0 Å². The zero-order valence-corrected chi connectivity index (χ0v) is 5.77. The van der Waals surface area contributed by atoms with Crippen molar-refractivity contribution in [2.24, 2.45) is 7.05 Å². The summed E-state index contributed by atoms with van der Waals surface area (Å²) >= 11 is 0. The molecule has 0 spiro atoms. The van der Waals surface area contributed by atoms with E-state index in [1.54, 1.807) is 13.1 Å². The van der Waals surface area contributed by atoms with Crippen LogP contribution in [0.5, 0.6) is 0 Å².